The van der Waals surface area contributed by atoms with E-state index in [2.05, 4.69) is 21.1 Å². The molecule has 0 amide bonds. The molecule has 7 nitrogen and oxygen atoms in total. The lowest BCUT2D eigenvalue weighted by atomic mass is 10.1. The van der Waals surface area contributed by atoms with Crippen LogP contribution in [0.25, 0.3) is 22.0 Å². The zero-order valence-electron chi connectivity index (χ0n) is 13.8. The van der Waals surface area contributed by atoms with E-state index in [-0.39, 0.29) is 34.9 Å². The summed E-state index contributed by atoms with van der Waals surface area (Å²) in [7, 11) is 0. The number of fused-ring (bicyclic) bond motifs is 2. The van der Waals surface area contributed by atoms with Crippen LogP contribution in [0.1, 0.15) is 13.3 Å². The molecule has 1 aliphatic rings. The van der Waals surface area contributed by atoms with Crippen molar-refractivity contribution in [2.45, 2.75) is 25.9 Å². The summed E-state index contributed by atoms with van der Waals surface area (Å²) < 4.78 is 22.2. The van der Waals surface area contributed by atoms with Gasteiger partial charge in [-0.15, -0.1) is 12.4 Å². The molecule has 0 radical (unpaired) electrons. The molecule has 2 aromatic heterocycles. The van der Waals surface area contributed by atoms with Gasteiger partial charge in [-0.3, -0.25) is 9.59 Å². The van der Waals surface area contributed by atoms with Crippen LogP contribution >= 0.6 is 28.3 Å². The van der Waals surface area contributed by atoms with Crippen molar-refractivity contribution in [3.63, 3.8) is 0 Å². The zero-order chi connectivity index (χ0) is 17.9. The van der Waals surface area contributed by atoms with Crippen molar-refractivity contribution in [3.8, 4) is 0 Å². The molecule has 1 aromatic carbocycles. The molecule has 0 saturated carbocycles. The number of rotatable bonds is 2. The second-order valence-corrected chi connectivity index (χ2v) is 6.99. The van der Waals surface area contributed by atoms with Gasteiger partial charge in [-0.25, -0.2) is 4.39 Å². The van der Waals surface area contributed by atoms with Gasteiger partial charge < -0.3 is 19.7 Å². The van der Waals surface area contributed by atoms with E-state index in [9.17, 15) is 14.0 Å². The van der Waals surface area contributed by atoms with Gasteiger partial charge in [0.25, 0.3) is 5.56 Å². The lowest BCUT2D eigenvalue weighted by Gasteiger charge is -2.22. The minimum absolute atomic E-state index is 0. The van der Waals surface area contributed by atoms with Crippen LogP contribution in [0.2, 0.25) is 0 Å². The van der Waals surface area contributed by atoms with Crippen molar-refractivity contribution in [3.05, 3.63) is 36.9 Å². The molecule has 4 rings (SSSR count). The number of nitrogens with zero attached hydrogens (tertiary/aromatic N) is 2. The first kappa shape index (κ1) is 18.9. The van der Waals surface area contributed by atoms with Crippen LogP contribution in [0.15, 0.2) is 24.7 Å². The van der Waals surface area contributed by atoms with Crippen molar-refractivity contribution < 1.29 is 8.91 Å². The molecule has 1 saturated heterocycles. The summed E-state index contributed by atoms with van der Waals surface area (Å²) in [6.45, 7) is 3.48. The van der Waals surface area contributed by atoms with Crippen LogP contribution in [-0.4, -0.2) is 28.9 Å². The number of benzene rings is 1. The molecule has 1 atom stereocenters. The highest BCUT2D eigenvalue weighted by atomic mass is 79.9. The monoisotopic (exact) mass is 446 g/mol. The predicted molar refractivity (Wildman–Crippen MR) is 104 cm³/mol. The Balaban J connectivity index is 0.00000196. The summed E-state index contributed by atoms with van der Waals surface area (Å²) in [5, 5.41) is 2.23. The van der Waals surface area contributed by atoms with Crippen LogP contribution in [0.5, 0.6) is 0 Å². The van der Waals surface area contributed by atoms with Crippen molar-refractivity contribution in [2.75, 3.05) is 18.0 Å². The second kappa shape index (κ2) is 6.71. The van der Waals surface area contributed by atoms with E-state index >= 15 is 0 Å². The number of hydrogen-bond acceptors (Lipinski definition) is 5. The van der Waals surface area contributed by atoms with Crippen molar-refractivity contribution >= 4 is 56.0 Å². The third kappa shape index (κ3) is 2.57. The average molecular weight is 448 g/mol. The Morgan fingerprint density at radius 3 is 2.81 bits per heavy atom. The number of hydrogen-bond donors (Lipinski definition) is 2. The largest absolute Gasteiger partial charge is 0.367 e. The summed E-state index contributed by atoms with van der Waals surface area (Å²) in [6, 6.07) is 1.18. The molecule has 10 heteroatoms. The predicted octanol–water partition coefficient (Wildman–Crippen LogP) is 2.32. The minimum Gasteiger partial charge on any atom is -0.367 e. The van der Waals surface area contributed by atoms with E-state index in [0.29, 0.717) is 35.3 Å². The smallest absolute Gasteiger partial charge is 0.293 e. The Labute approximate surface area is 161 Å². The van der Waals surface area contributed by atoms with E-state index in [0.717, 1.165) is 6.42 Å². The van der Waals surface area contributed by atoms with Crippen molar-refractivity contribution in [1.82, 2.24) is 9.72 Å². The van der Waals surface area contributed by atoms with Gasteiger partial charge in [-0.1, -0.05) is 0 Å². The summed E-state index contributed by atoms with van der Waals surface area (Å²) in [4.78, 5) is 26.5. The first-order chi connectivity index (χ1) is 11.9. The molecule has 1 fully saturated rings. The molecular formula is C16H17BrClFN4O3. The van der Waals surface area contributed by atoms with Crippen LogP contribution in [0.3, 0.4) is 0 Å². The minimum atomic E-state index is -0.616. The molecule has 140 valence electrons. The maximum Gasteiger partial charge on any atom is 0.293 e. The van der Waals surface area contributed by atoms with Crippen molar-refractivity contribution in [1.29, 1.82) is 0 Å². The summed E-state index contributed by atoms with van der Waals surface area (Å²) >= 11 is 3.47. The Kier molecular flexibility index (Phi) is 4.89. The van der Waals surface area contributed by atoms with Gasteiger partial charge in [-0.05, 0) is 35.3 Å². The van der Waals surface area contributed by atoms with E-state index in [1.807, 2.05) is 11.8 Å². The molecule has 3 N–H and O–H groups in total. The number of aromatic amines is 1. The van der Waals surface area contributed by atoms with Gasteiger partial charge in [0, 0.05) is 25.7 Å². The fourth-order valence-electron chi connectivity index (χ4n) is 3.54. The van der Waals surface area contributed by atoms with Gasteiger partial charge in [-0.2, -0.15) is 5.16 Å². The Bertz CT molecular complexity index is 1120. The topological polar surface area (TPSA) is 97.3 Å². The van der Waals surface area contributed by atoms with Gasteiger partial charge in [0.2, 0.25) is 11.1 Å². The van der Waals surface area contributed by atoms with Crippen LogP contribution in [-0.2, 0) is 6.54 Å². The van der Waals surface area contributed by atoms with E-state index in [1.165, 1.54) is 6.07 Å². The van der Waals surface area contributed by atoms with Crippen molar-refractivity contribution in [2.24, 2.45) is 5.73 Å². The molecule has 0 spiro atoms. The normalized spacial score (nSPS) is 17.2. The highest BCUT2D eigenvalue weighted by Gasteiger charge is 2.28. The molecular weight excluding hydrogens is 431 g/mol. The number of nitrogens with two attached hydrogens (primary N) is 1. The zero-order valence-corrected chi connectivity index (χ0v) is 16.2. The number of halogens is 3. The molecule has 1 aliphatic heterocycles. The number of anilines is 1. The number of aryl methyl sites for hydroxylation is 1. The Hall–Kier alpha value is -1.84. The fraction of sp³-hybridized carbons (Fsp3) is 0.375. The maximum absolute atomic E-state index is 14.8. The molecule has 1 unspecified atom stereocenters. The van der Waals surface area contributed by atoms with E-state index < -0.39 is 16.8 Å². The Morgan fingerprint density at radius 1 is 1.46 bits per heavy atom. The van der Waals surface area contributed by atoms with Crippen LogP contribution < -0.4 is 21.6 Å². The van der Waals surface area contributed by atoms with Gasteiger partial charge >= 0.3 is 0 Å². The number of nitrogens with one attached hydrogen (secondary N) is 1. The van der Waals surface area contributed by atoms with Gasteiger partial charge in [0.05, 0.1) is 21.1 Å². The summed E-state index contributed by atoms with van der Waals surface area (Å²) in [6.07, 6.45) is 0.774. The third-order valence-corrected chi connectivity index (χ3v) is 5.44. The maximum atomic E-state index is 14.8. The Morgan fingerprint density at radius 2 is 2.19 bits per heavy atom. The van der Waals surface area contributed by atoms with E-state index in [1.54, 1.807) is 4.57 Å². The van der Waals surface area contributed by atoms with Gasteiger partial charge in [0.15, 0.2) is 5.39 Å². The molecule has 26 heavy (non-hydrogen) atoms. The summed E-state index contributed by atoms with van der Waals surface area (Å²) in [5.41, 5.74) is 5.81. The lowest BCUT2D eigenvalue weighted by Crippen LogP contribution is -2.27. The highest BCUT2D eigenvalue weighted by molar-refractivity contribution is 9.10. The number of aromatic nitrogens is 2. The summed E-state index contributed by atoms with van der Waals surface area (Å²) in [5.74, 6) is -0.521. The first-order valence-electron chi connectivity index (χ1n) is 8.00. The molecule has 0 bridgehead atoms. The van der Waals surface area contributed by atoms with E-state index in [4.69, 9.17) is 10.3 Å². The SMILES string of the molecule is CCn1c2o[nH]c(=O)c2c(=O)c2cc(F)c(N3CCC(N)C3)c(Br)c21.Cl. The highest BCUT2D eigenvalue weighted by Crippen LogP contribution is 2.37. The third-order valence-electron chi connectivity index (χ3n) is 4.69. The van der Waals surface area contributed by atoms with Crippen LogP contribution in [0.4, 0.5) is 10.1 Å². The number of H-pyrrole nitrogens is 1. The molecule has 3 heterocycles. The quantitative estimate of drug-likeness (QED) is 0.628. The lowest BCUT2D eigenvalue weighted by molar-refractivity contribution is 0.429. The van der Waals surface area contributed by atoms with Gasteiger partial charge in [0.1, 0.15) is 5.82 Å². The number of pyridine rings is 1. The fourth-order valence-corrected chi connectivity index (χ4v) is 4.41. The average Bonchev–Trinajstić information content (AvgIpc) is 3.15. The first-order valence-corrected chi connectivity index (χ1v) is 8.79. The molecule has 0 aliphatic carbocycles. The molecule has 3 aromatic rings. The second-order valence-electron chi connectivity index (χ2n) is 6.20. The standard InChI is InChI=1S/C16H16BrFN4O3.ClH/c1-2-22-12-8(14(23)10-15(24)20-25-16(10)22)5-9(18)13(11(12)17)21-4-3-7(19)6-21;/h5,7H,2-4,6,19H2,1H3,(H,20,24);1H. The van der Waals surface area contributed by atoms with Crippen LogP contribution in [0, 0.1) is 5.82 Å².